The van der Waals surface area contributed by atoms with Crippen LogP contribution in [0, 0.1) is 5.41 Å². The van der Waals surface area contributed by atoms with E-state index in [0.717, 1.165) is 22.3 Å². The first-order valence-electron chi connectivity index (χ1n) is 6.83. The van der Waals surface area contributed by atoms with Gasteiger partial charge in [0.05, 0.1) is 0 Å². The van der Waals surface area contributed by atoms with Crippen molar-refractivity contribution >= 4 is 38.8 Å². The fraction of sp³-hybridized carbons (Fsp3) is 0.533. The monoisotopic (exact) mass is 340 g/mol. The van der Waals surface area contributed by atoms with Crippen LogP contribution in [0.15, 0.2) is 22.7 Å². The van der Waals surface area contributed by atoms with Crippen LogP contribution in [0.3, 0.4) is 0 Å². The summed E-state index contributed by atoms with van der Waals surface area (Å²) in [5.41, 5.74) is 8.16. The molecule has 2 rings (SSSR count). The summed E-state index contributed by atoms with van der Waals surface area (Å²) < 4.78 is 1.00. The van der Waals surface area contributed by atoms with E-state index in [0.29, 0.717) is 10.4 Å². The minimum absolute atomic E-state index is 0.402. The van der Waals surface area contributed by atoms with Crippen molar-refractivity contribution in [3.05, 3.63) is 28.2 Å². The van der Waals surface area contributed by atoms with Gasteiger partial charge in [0, 0.05) is 22.3 Å². The van der Waals surface area contributed by atoms with Gasteiger partial charge >= 0.3 is 0 Å². The van der Waals surface area contributed by atoms with E-state index < -0.39 is 0 Å². The van der Waals surface area contributed by atoms with Crippen molar-refractivity contribution in [2.75, 3.05) is 11.9 Å². The van der Waals surface area contributed by atoms with E-state index >= 15 is 0 Å². The van der Waals surface area contributed by atoms with Gasteiger partial charge in [-0.05, 0) is 36.5 Å². The van der Waals surface area contributed by atoms with Gasteiger partial charge in [-0.25, -0.2) is 0 Å². The molecule has 4 heteroatoms. The van der Waals surface area contributed by atoms with E-state index in [1.165, 1.54) is 32.1 Å². The molecule has 0 unspecified atom stereocenters. The van der Waals surface area contributed by atoms with Gasteiger partial charge in [0.15, 0.2) is 0 Å². The Hall–Kier alpha value is -0.610. The molecule has 1 aliphatic carbocycles. The molecule has 2 nitrogen and oxygen atoms in total. The highest BCUT2D eigenvalue weighted by molar-refractivity contribution is 9.10. The lowest BCUT2D eigenvalue weighted by atomic mass is 9.75. The lowest BCUT2D eigenvalue weighted by Gasteiger charge is -2.34. The number of nitrogens with one attached hydrogen (secondary N) is 1. The molecule has 0 bridgehead atoms. The Morgan fingerprint density at radius 3 is 2.68 bits per heavy atom. The molecule has 0 radical (unpaired) electrons. The number of benzene rings is 1. The number of nitrogens with two attached hydrogens (primary N) is 1. The van der Waals surface area contributed by atoms with Crippen molar-refractivity contribution in [2.24, 2.45) is 11.1 Å². The average Bonchev–Trinajstić information content (AvgIpc) is 2.38. The standard InChI is InChI=1S/C15H21BrN2S/c1-15(7-3-2-4-8-15)10-18-13-6-5-11(16)9-12(13)14(17)19/h5-6,9,18H,2-4,7-8,10H2,1H3,(H2,17,19). The lowest BCUT2D eigenvalue weighted by molar-refractivity contribution is 0.233. The fourth-order valence-corrected chi connectivity index (χ4v) is 3.30. The smallest absolute Gasteiger partial charge is 0.106 e. The average molecular weight is 341 g/mol. The summed E-state index contributed by atoms with van der Waals surface area (Å²) in [4.78, 5) is 0.442. The number of halogens is 1. The summed E-state index contributed by atoms with van der Waals surface area (Å²) in [6.45, 7) is 3.36. The van der Waals surface area contributed by atoms with Crippen molar-refractivity contribution in [3.63, 3.8) is 0 Å². The van der Waals surface area contributed by atoms with Crippen LogP contribution in [-0.2, 0) is 0 Å². The normalized spacial score (nSPS) is 18.0. The first kappa shape index (κ1) is 14.8. The molecule has 0 aliphatic heterocycles. The SMILES string of the molecule is CC1(CNc2ccc(Br)cc2C(N)=S)CCCCC1. The summed E-state index contributed by atoms with van der Waals surface area (Å²) in [6.07, 6.45) is 6.69. The van der Waals surface area contributed by atoms with Crippen LogP contribution in [0.5, 0.6) is 0 Å². The maximum Gasteiger partial charge on any atom is 0.106 e. The van der Waals surface area contributed by atoms with E-state index in [2.05, 4.69) is 28.2 Å². The van der Waals surface area contributed by atoms with Crippen molar-refractivity contribution in [1.82, 2.24) is 0 Å². The maximum atomic E-state index is 5.80. The van der Waals surface area contributed by atoms with Crippen LogP contribution in [-0.4, -0.2) is 11.5 Å². The molecule has 104 valence electrons. The van der Waals surface area contributed by atoms with Gasteiger partial charge in [-0.2, -0.15) is 0 Å². The van der Waals surface area contributed by atoms with Crippen molar-refractivity contribution in [1.29, 1.82) is 0 Å². The van der Waals surface area contributed by atoms with Crippen LogP contribution in [0.4, 0.5) is 5.69 Å². The van der Waals surface area contributed by atoms with Gasteiger partial charge in [0.25, 0.3) is 0 Å². The Bertz CT molecular complexity index is 467. The summed E-state index contributed by atoms with van der Waals surface area (Å²) in [5, 5.41) is 3.54. The molecule has 1 saturated carbocycles. The van der Waals surface area contributed by atoms with Gasteiger partial charge in [-0.1, -0.05) is 54.3 Å². The Labute approximate surface area is 129 Å². The first-order valence-corrected chi connectivity index (χ1v) is 8.04. The third-order valence-electron chi connectivity index (χ3n) is 4.01. The lowest BCUT2D eigenvalue weighted by Crippen LogP contribution is -2.29. The van der Waals surface area contributed by atoms with Gasteiger partial charge in [-0.15, -0.1) is 0 Å². The second-order valence-corrected chi connectivity index (χ2v) is 7.13. The second kappa shape index (κ2) is 6.23. The van der Waals surface area contributed by atoms with Crippen LogP contribution < -0.4 is 11.1 Å². The molecule has 0 aromatic heterocycles. The molecule has 0 heterocycles. The van der Waals surface area contributed by atoms with E-state index in [1.807, 2.05) is 18.2 Å². The fourth-order valence-electron chi connectivity index (χ4n) is 2.77. The molecule has 1 fully saturated rings. The number of thiocarbonyl (C=S) groups is 1. The van der Waals surface area contributed by atoms with E-state index in [1.54, 1.807) is 0 Å². The Morgan fingerprint density at radius 1 is 1.37 bits per heavy atom. The highest BCUT2D eigenvalue weighted by Gasteiger charge is 2.26. The number of hydrogen-bond acceptors (Lipinski definition) is 2. The molecule has 1 aliphatic rings. The van der Waals surface area contributed by atoms with E-state index in [4.69, 9.17) is 18.0 Å². The molecule has 1 aromatic rings. The Balaban J connectivity index is 2.08. The van der Waals surface area contributed by atoms with E-state index in [-0.39, 0.29) is 0 Å². The predicted octanol–water partition coefficient (Wildman–Crippen LogP) is 4.47. The Kier molecular flexibility index (Phi) is 4.85. The van der Waals surface area contributed by atoms with Gasteiger partial charge in [0.1, 0.15) is 4.99 Å². The molecule has 1 aromatic carbocycles. The highest BCUT2D eigenvalue weighted by atomic mass is 79.9. The molecule has 0 saturated heterocycles. The first-order chi connectivity index (χ1) is 9.00. The van der Waals surface area contributed by atoms with Crippen LogP contribution in [0.2, 0.25) is 0 Å². The zero-order chi connectivity index (χ0) is 13.9. The highest BCUT2D eigenvalue weighted by Crippen LogP contribution is 2.36. The largest absolute Gasteiger partial charge is 0.389 e. The molecule has 19 heavy (non-hydrogen) atoms. The summed E-state index contributed by atoms with van der Waals surface area (Å²) in [6, 6.07) is 6.05. The number of rotatable bonds is 4. The van der Waals surface area contributed by atoms with Crippen LogP contribution >= 0.6 is 28.1 Å². The van der Waals surface area contributed by atoms with Gasteiger partial charge in [-0.3, -0.25) is 0 Å². The summed E-state index contributed by atoms with van der Waals surface area (Å²) in [7, 11) is 0. The number of hydrogen-bond donors (Lipinski definition) is 2. The van der Waals surface area contributed by atoms with Crippen molar-refractivity contribution in [2.45, 2.75) is 39.0 Å². The van der Waals surface area contributed by atoms with Gasteiger partial charge < -0.3 is 11.1 Å². The van der Waals surface area contributed by atoms with Crippen LogP contribution in [0.1, 0.15) is 44.6 Å². The molecule has 0 atom stereocenters. The molecule has 0 amide bonds. The van der Waals surface area contributed by atoms with Crippen molar-refractivity contribution < 1.29 is 0 Å². The molecular formula is C15H21BrN2S. The quantitative estimate of drug-likeness (QED) is 0.794. The molecular weight excluding hydrogens is 320 g/mol. The summed E-state index contributed by atoms with van der Waals surface area (Å²) >= 11 is 8.58. The number of anilines is 1. The third-order valence-corrected chi connectivity index (χ3v) is 4.73. The molecule has 3 N–H and O–H groups in total. The van der Waals surface area contributed by atoms with Crippen LogP contribution in [0.25, 0.3) is 0 Å². The maximum absolute atomic E-state index is 5.80. The minimum atomic E-state index is 0.402. The van der Waals surface area contributed by atoms with Crippen molar-refractivity contribution in [3.8, 4) is 0 Å². The minimum Gasteiger partial charge on any atom is -0.389 e. The topological polar surface area (TPSA) is 38.0 Å². The zero-order valence-electron chi connectivity index (χ0n) is 11.3. The predicted molar refractivity (Wildman–Crippen MR) is 89.7 cm³/mol. The zero-order valence-corrected chi connectivity index (χ0v) is 13.7. The second-order valence-electron chi connectivity index (χ2n) is 5.78. The summed E-state index contributed by atoms with van der Waals surface area (Å²) in [5.74, 6) is 0. The molecule has 0 spiro atoms. The Morgan fingerprint density at radius 2 is 2.05 bits per heavy atom. The van der Waals surface area contributed by atoms with Gasteiger partial charge in [0.2, 0.25) is 0 Å². The third kappa shape index (κ3) is 3.93. The van der Waals surface area contributed by atoms with E-state index in [9.17, 15) is 0 Å².